The van der Waals surface area contributed by atoms with E-state index in [2.05, 4.69) is 22.1 Å². The molecule has 0 spiro atoms. The Morgan fingerprint density at radius 1 is 1.00 bits per heavy atom. The third-order valence-electron chi connectivity index (χ3n) is 6.10. The van der Waals surface area contributed by atoms with Crippen molar-refractivity contribution in [2.45, 2.75) is 20.3 Å². The second kappa shape index (κ2) is 9.76. The normalized spacial score (nSPS) is 14.6. The summed E-state index contributed by atoms with van der Waals surface area (Å²) in [6.45, 7) is 8.10. The van der Waals surface area contributed by atoms with Gasteiger partial charge >= 0.3 is 0 Å². The molecule has 0 unspecified atom stereocenters. The average Bonchev–Trinajstić information content (AvgIpc) is 3.10. The summed E-state index contributed by atoms with van der Waals surface area (Å²) < 4.78 is 7.03. The average molecular weight is 453 g/mol. The Kier molecular flexibility index (Phi) is 6.82. The lowest BCUT2D eigenvalue weighted by atomic mass is 10.1. The fourth-order valence-corrected chi connectivity index (χ4v) is 4.17. The van der Waals surface area contributed by atoms with Gasteiger partial charge < -0.3 is 9.64 Å². The first kappa shape index (κ1) is 22.4. The van der Waals surface area contributed by atoms with Crippen LogP contribution in [0.1, 0.15) is 27.3 Å². The third kappa shape index (κ3) is 4.81. The Morgan fingerprint density at radius 2 is 1.66 bits per heavy atom. The van der Waals surface area contributed by atoms with Gasteiger partial charge in [-0.25, -0.2) is 4.68 Å². The van der Waals surface area contributed by atoms with E-state index < -0.39 is 0 Å². The molecule has 2 aromatic carbocycles. The van der Waals surface area contributed by atoms with Crippen LogP contribution < -0.4 is 4.74 Å². The van der Waals surface area contributed by atoms with Crippen molar-refractivity contribution in [2.24, 2.45) is 0 Å². The fourth-order valence-electron chi connectivity index (χ4n) is 4.06. The van der Waals surface area contributed by atoms with E-state index in [0.717, 1.165) is 62.0 Å². The molecule has 0 bridgehead atoms. The zero-order valence-electron chi connectivity index (χ0n) is 18.8. The molecule has 0 N–H and O–H groups in total. The minimum Gasteiger partial charge on any atom is -0.497 e. The number of piperazine rings is 1. The number of nitrogens with zero attached hydrogens (tertiary/aromatic N) is 4. The number of hydrogen-bond donors (Lipinski definition) is 0. The van der Waals surface area contributed by atoms with Gasteiger partial charge in [0.25, 0.3) is 5.91 Å². The number of ether oxygens (including phenoxy) is 1. The van der Waals surface area contributed by atoms with Crippen molar-refractivity contribution in [1.29, 1.82) is 0 Å². The van der Waals surface area contributed by atoms with Gasteiger partial charge in [0, 0.05) is 38.3 Å². The predicted molar refractivity (Wildman–Crippen MR) is 127 cm³/mol. The standard InChI is InChI=1S/C25H29ClN4O2/c1-18-24(26)19(2)30(27-18)22-8-6-21(7-9-22)25(31)29-16-14-28(15-17-29)13-12-20-4-10-23(32-3)11-5-20/h4-11H,12-17H2,1-3H3. The minimum absolute atomic E-state index is 0.0813. The Hall–Kier alpha value is -2.83. The number of methoxy groups -OCH3 is 1. The van der Waals surface area contributed by atoms with Gasteiger partial charge in [-0.3, -0.25) is 9.69 Å². The van der Waals surface area contributed by atoms with E-state index in [-0.39, 0.29) is 5.91 Å². The van der Waals surface area contributed by atoms with Crippen LogP contribution in [0.25, 0.3) is 5.69 Å². The molecule has 0 aliphatic carbocycles. The number of hydrogen-bond acceptors (Lipinski definition) is 4. The van der Waals surface area contributed by atoms with Crippen molar-refractivity contribution in [3.63, 3.8) is 0 Å². The molecule has 1 fully saturated rings. The van der Waals surface area contributed by atoms with Crippen LogP contribution in [0.2, 0.25) is 5.02 Å². The molecule has 3 aromatic rings. The maximum atomic E-state index is 13.0. The van der Waals surface area contributed by atoms with Crippen LogP contribution in [0.4, 0.5) is 0 Å². The number of benzene rings is 2. The Labute approximate surface area is 194 Å². The van der Waals surface area contributed by atoms with Crippen LogP contribution in [0.3, 0.4) is 0 Å². The monoisotopic (exact) mass is 452 g/mol. The fraction of sp³-hybridized carbons (Fsp3) is 0.360. The van der Waals surface area contributed by atoms with Crippen LogP contribution in [0.5, 0.6) is 5.75 Å². The van der Waals surface area contributed by atoms with E-state index in [1.165, 1.54) is 5.56 Å². The first-order valence-corrected chi connectivity index (χ1v) is 11.3. The highest BCUT2D eigenvalue weighted by Gasteiger charge is 2.22. The number of carbonyl (C=O) groups is 1. The summed E-state index contributed by atoms with van der Waals surface area (Å²) in [5.74, 6) is 0.963. The molecule has 6 nitrogen and oxygen atoms in total. The molecule has 1 aliphatic rings. The molecule has 7 heteroatoms. The molecule has 0 saturated carbocycles. The molecule has 1 saturated heterocycles. The SMILES string of the molecule is COc1ccc(CCN2CCN(C(=O)c3ccc(-n4nc(C)c(Cl)c4C)cc3)CC2)cc1. The number of carbonyl (C=O) groups excluding carboxylic acids is 1. The highest BCUT2D eigenvalue weighted by Crippen LogP contribution is 2.23. The lowest BCUT2D eigenvalue weighted by molar-refractivity contribution is 0.0638. The molecule has 1 aliphatic heterocycles. The maximum absolute atomic E-state index is 13.0. The van der Waals surface area contributed by atoms with Crippen LogP contribution in [0.15, 0.2) is 48.5 Å². The third-order valence-corrected chi connectivity index (χ3v) is 6.64. The summed E-state index contributed by atoms with van der Waals surface area (Å²) in [6.07, 6.45) is 0.996. The Balaban J connectivity index is 1.30. The quantitative estimate of drug-likeness (QED) is 0.563. The molecule has 168 valence electrons. The van der Waals surface area contributed by atoms with Gasteiger partial charge in [0.1, 0.15) is 5.75 Å². The molecule has 0 radical (unpaired) electrons. The Bertz CT molecular complexity index is 1070. The largest absolute Gasteiger partial charge is 0.497 e. The predicted octanol–water partition coefficient (Wildman–Crippen LogP) is 4.15. The van der Waals surface area contributed by atoms with Crippen LogP contribution in [-0.2, 0) is 6.42 Å². The van der Waals surface area contributed by atoms with Crippen LogP contribution >= 0.6 is 11.6 Å². The molecule has 2 heterocycles. The van der Waals surface area contributed by atoms with E-state index in [0.29, 0.717) is 10.6 Å². The van der Waals surface area contributed by atoms with Gasteiger partial charge in [0.2, 0.25) is 0 Å². The lowest BCUT2D eigenvalue weighted by Gasteiger charge is -2.34. The van der Waals surface area contributed by atoms with Crippen molar-refractivity contribution in [3.05, 3.63) is 76.1 Å². The second-order valence-corrected chi connectivity index (χ2v) is 8.55. The van der Waals surface area contributed by atoms with Crippen molar-refractivity contribution >= 4 is 17.5 Å². The van der Waals surface area contributed by atoms with Gasteiger partial charge in [-0.1, -0.05) is 23.7 Å². The summed E-state index contributed by atoms with van der Waals surface area (Å²) >= 11 is 6.26. The molecule has 0 atom stereocenters. The number of aromatic nitrogens is 2. The van der Waals surface area contributed by atoms with Gasteiger partial charge in [0.15, 0.2) is 0 Å². The summed E-state index contributed by atoms with van der Waals surface area (Å²) in [7, 11) is 1.68. The number of aryl methyl sites for hydroxylation is 1. The van der Waals surface area contributed by atoms with E-state index in [4.69, 9.17) is 16.3 Å². The molecular weight excluding hydrogens is 424 g/mol. The van der Waals surface area contributed by atoms with Gasteiger partial charge in [0.05, 0.1) is 29.2 Å². The summed E-state index contributed by atoms with van der Waals surface area (Å²) in [5.41, 5.74) is 4.60. The summed E-state index contributed by atoms with van der Waals surface area (Å²) in [5, 5.41) is 5.15. The van der Waals surface area contributed by atoms with Gasteiger partial charge in [-0.15, -0.1) is 0 Å². The van der Waals surface area contributed by atoms with Gasteiger partial charge in [-0.2, -0.15) is 5.10 Å². The van der Waals surface area contributed by atoms with Crippen LogP contribution in [0, 0.1) is 13.8 Å². The number of halogens is 1. The van der Waals surface area contributed by atoms with E-state index >= 15 is 0 Å². The van der Waals surface area contributed by atoms with E-state index in [9.17, 15) is 4.79 Å². The zero-order chi connectivity index (χ0) is 22.7. The molecular formula is C25H29ClN4O2. The van der Waals surface area contributed by atoms with Crippen LogP contribution in [-0.4, -0.2) is 65.3 Å². The van der Waals surface area contributed by atoms with Crippen molar-refractivity contribution in [1.82, 2.24) is 19.6 Å². The molecule has 4 rings (SSSR count). The number of amides is 1. The van der Waals surface area contributed by atoms with E-state index in [1.807, 2.05) is 59.8 Å². The molecule has 1 amide bonds. The minimum atomic E-state index is 0.0813. The topological polar surface area (TPSA) is 50.6 Å². The lowest BCUT2D eigenvalue weighted by Crippen LogP contribution is -2.49. The summed E-state index contributed by atoms with van der Waals surface area (Å²) in [4.78, 5) is 17.3. The van der Waals surface area contributed by atoms with E-state index in [1.54, 1.807) is 7.11 Å². The first-order valence-electron chi connectivity index (χ1n) is 10.9. The highest BCUT2D eigenvalue weighted by molar-refractivity contribution is 6.31. The Morgan fingerprint density at radius 3 is 2.22 bits per heavy atom. The number of rotatable bonds is 6. The molecule has 1 aromatic heterocycles. The van der Waals surface area contributed by atoms with Crippen molar-refractivity contribution in [3.8, 4) is 11.4 Å². The van der Waals surface area contributed by atoms with Gasteiger partial charge in [-0.05, 0) is 62.2 Å². The highest BCUT2D eigenvalue weighted by atomic mass is 35.5. The second-order valence-electron chi connectivity index (χ2n) is 8.18. The first-order chi connectivity index (χ1) is 15.5. The summed E-state index contributed by atoms with van der Waals surface area (Å²) in [6, 6.07) is 15.8. The smallest absolute Gasteiger partial charge is 0.253 e. The van der Waals surface area contributed by atoms with Crippen molar-refractivity contribution in [2.75, 3.05) is 39.8 Å². The zero-order valence-corrected chi connectivity index (χ0v) is 19.6. The van der Waals surface area contributed by atoms with Crippen molar-refractivity contribution < 1.29 is 9.53 Å². The molecule has 32 heavy (non-hydrogen) atoms. The maximum Gasteiger partial charge on any atom is 0.253 e.